The Morgan fingerprint density at radius 3 is 0.859 bits per heavy atom. The molecule has 0 fully saturated rings. The first-order valence-electron chi connectivity index (χ1n) is 43.8. The second kappa shape index (κ2) is 80.9. The normalized spacial score (nSPS) is 12.8. The Kier molecular flexibility index (Phi) is 78.7. The lowest BCUT2D eigenvalue weighted by Crippen LogP contribution is -2.44. The number of rotatable bonds is 83. The quantitative estimate of drug-likeness (QED) is 0.0195. The molecule has 582 valence electrons. The highest BCUT2D eigenvalue weighted by Gasteiger charge is 2.22. The monoisotopic (exact) mass is 1390 g/mol. The van der Waals surface area contributed by atoms with Gasteiger partial charge < -0.3 is 33.3 Å². The number of carbonyl (C=O) groups is 3. The van der Waals surface area contributed by atoms with Gasteiger partial charge in [0.25, 0.3) is 0 Å². The minimum atomic E-state index is -1.62. The summed E-state index contributed by atoms with van der Waals surface area (Å²) >= 11 is 0. The van der Waals surface area contributed by atoms with E-state index < -0.39 is 24.3 Å². The summed E-state index contributed by atoms with van der Waals surface area (Å²) in [4.78, 5) is 37.7. The van der Waals surface area contributed by atoms with Crippen molar-refractivity contribution in [2.75, 3.05) is 47.5 Å². The van der Waals surface area contributed by atoms with Crippen molar-refractivity contribution >= 4 is 17.9 Å². The molecule has 9 nitrogen and oxygen atoms in total. The molecule has 0 aliphatic rings. The van der Waals surface area contributed by atoms with Crippen molar-refractivity contribution in [3.8, 4) is 0 Å². The molecule has 0 aromatic rings. The van der Waals surface area contributed by atoms with Gasteiger partial charge in [-0.05, 0) is 51.4 Å². The number of nitrogens with zero attached hydrogens (tertiary/aromatic N) is 1. The second-order valence-electron chi connectivity index (χ2n) is 31.2. The van der Waals surface area contributed by atoms with Gasteiger partial charge in [0.05, 0.1) is 40.3 Å². The highest BCUT2D eigenvalue weighted by molar-refractivity contribution is 5.70. The van der Waals surface area contributed by atoms with Crippen molar-refractivity contribution < 1.29 is 42.9 Å². The molecule has 0 heterocycles. The lowest BCUT2D eigenvalue weighted by atomic mass is 10.0. The number of unbranched alkanes of at least 4 members (excludes halogenated alkanes) is 60. The maximum Gasteiger partial charge on any atom is 0.306 e. The van der Waals surface area contributed by atoms with Crippen molar-refractivity contribution in [1.29, 1.82) is 0 Å². The van der Waals surface area contributed by atoms with E-state index in [4.69, 9.17) is 18.9 Å². The van der Waals surface area contributed by atoms with E-state index in [-0.39, 0.29) is 32.2 Å². The van der Waals surface area contributed by atoms with Gasteiger partial charge in [0, 0.05) is 12.8 Å². The van der Waals surface area contributed by atoms with Gasteiger partial charge in [-0.25, -0.2) is 0 Å². The van der Waals surface area contributed by atoms with Gasteiger partial charge in [0.2, 0.25) is 0 Å². The van der Waals surface area contributed by atoms with E-state index in [1.807, 2.05) is 21.1 Å². The lowest BCUT2D eigenvalue weighted by molar-refractivity contribution is -0.870. The van der Waals surface area contributed by atoms with Crippen LogP contribution in [0.3, 0.4) is 0 Å². The number of allylic oxidation sites excluding steroid dienone is 8. The fourth-order valence-electron chi connectivity index (χ4n) is 13.5. The van der Waals surface area contributed by atoms with Crippen LogP contribution in [0.5, 0.6) is 0 Å². The Morgan fingerprint density at radius 1 is 0.313 bits per heavy atom. The summed E-state index contributed by atoms with van der Waals surface area (Å²) in [5.74, 6) is -2.24. The number of esters is 2. The van der Waals surface area contributed by atoms with Gasteiger partial charge >= 0.3 is 11.9 Å². The number of carbonyl (C=O) groups excluding carboxylic acids is 3. The van der Waals surface area contributed by atoms with E-state index in [2.05, 4.69) is 62.5 Å². The van der Waals surface area contributed by atoms with Gasteiger partial charge in [0.15, 0.2) is 12.4 Å². The SMILES string of the molecule is CC/C=C\C/C=C\C/C=C\C/C=C\CCCCCCCCCCCCCCCCCCCCCCCCCCCCCCC(=O)OC(COC(=O)CCCCCCCCCCCCCCCCCCCCCCCCCCCCCCCCCCC)COC(OCC[N+](C)(C)C)C(=O)[O-]. The number of aliphatic carboxylic acids is 1. The first kappa shape index (κ1) is 96.2. The minimum absolute atomic E-state index is 0.152. The number of ether oxygens (including phenoxy) is 4. The maximum absolute atomic E-state index is 13.0. The predicted molar refractivity (Wildman–Crippen MR) is 426 cm³/mol. The molecule has 0 N–H and O–H groups in total. The van der Waals surface area contributed by atoms with Crippen LogP contribution in [0.15, 0.2) is 48.6 Å². The Bertz CT molecular complexity index is 1770. The summed E-state index contributed by atoms with van der Waals surface area (Å²) < 4.78 is 22.9. The van der Waals surface area contributed by atoms with Crippen LogP contribution >= 0.6 is 0 Å². The maximum atomic E-state index is 13.0. The van der Waals surface area contributed by atoms with Crippen LogP contribution in [0.1, 0.15) is 450 Å². The summed E-state index contributed by atoms with van der Waals surface area (Å²) in [6, 6.07) is 0. The van der Waals surface area contributed by atoms with E-state index >= 15 is 0 Å². The van der Waals surface area contributed by atoms with Crippen LogP contribution in [0.25, 0.3) is 0 Å². The molecule has 0 aromatic heterocycles. The van der Waals surface area contributed by atoms with Crippen LogP contribution < -0.4 is 5.11 Å². The Hall–Kier alpha value is -2.75. The first-order chi connectivity index (χ1) is 48.6. The molecular formula is C90H169NO8. The van der Waals surface area contributed by atoms with Gasteiger partial charge in [-0.2, -0.15) is 0 Å². The molecule has 0 saturated carbocycles. The van der Waals surface area contributed by atoms with Crippen LogP contribution in [0.2, 0.25) is 0 Å². The third kappa shape index (κ3) is 82.4. The Balaban J connectivity index is 3.90. The highest BCUT2D eigenvalue weighted by Crippen LogP contribution is 2.21. The molecule has 0 saturated heterocycles. The molecule has 99 heavy (non-hydrogen) atoms. The van der Waals surface area contributed by atoms with Crippen LogP contribution in [0.4, 0.5) is 0 Å². The lowest BCUT2D eigenvalue weighted by Gasteiger charge is -2.26. The molecule has 2 unspecified atom stereocenters. The van der Waals surface area contributed by atoms with Gasteiger partial charge in [-0.1, -0.05) is 435 Å². The molecule has 0 aliphatic carbocycles. The number of carboxylic acid groups (broad SMARTS) is 1. The topological polar surface area (TPSA) is 111 Å². The standard InChI is InChI=1S/C90H169NO8/c1-6-8-10-12-14-16-18-20-22-24-26-28-30-32-34-36-38-40-41-42-43-44-45-46-47-49-51-53-55-57-59-61-63-65-67-69-71-73-75-77-79-81-88(93)99-86(85-98-90(89(94)95)96-83-82-91(3,4)5)84-97-87(92)80-78-76-74-72-70-68-66-64-62-60-58-56-54-52-50-48-39-37-35-33-31-29-27-25-23-21-19-17-15-13-11-9-7-2/h8,10,14,16,20,22,26,28,86,90H,6-7,9,11-13,15,17-19,21,23-25,27,29-85H2,1-5H3/b10-8-,16-14-,22-20-,28-26-. The Labute approximate surface area is 616 Å². The molecule has 0 amide bonds. The fourth-order valence-corrected chi connectivity index (χ4v) is 13.5. The average molecular weight is 1390 g/mol. The van der Waals surface area contributed by atoms with Crippen molar-refractivity contribution in [2.45, 2.75) is 463 Å². The third-order valence-electron chi connectivity index (χ3n) is 20.1. The number of likely N-dealkylation sites (N-methyl/N-ethyl adjacent to an activating group) is 1. The number of carboxylic acids is 1. The fraction of sp³-hybridized carbons (Fsp3) is 0.878. The van der Waals surface area contributed by atoms with Crippen molar-refractivity contribution in [1.82, 2.24) is 0 Å². The summed E-state index contributed by atoms with van der Waals surface area (Å²) in [6.45, 7) is 4.73. The van der Waals surface area contributed by atoms with E-state index in [0.717, 1.165) is 64.2 Å². The third-order valence-corrected chi connectivity index (χ3v) is 20.1. The minimum Gasteiger partial charge on any atom is -0.545 e. The molecule has 0 aromatic carbocycles. The predicted octanol–water partition coefficient (Wildman–Crippen LogP) is 27.0. The van der Waals surface area contributed by atoms with E-state index in [1.165, 1.54) is 360 Å². The van der Waals surface area contributed by atoms with Gasteiger partial charge in [0.1, 0.15) is 13.2 Å². The van der Waals surface area contributed by atoms with Gasteiger partial charge in [-0.15, -0.1) is 0 Å². The molecule has 0 bridgehead atoms. The molecular weight excluding hydrogens is 1220 g/mol. The number of hydrogen-bond donors (Lipinski definition) is 0. The van der Waals surface area contributed by atoms with E-state index in [9.17, 15) is 19.5 Å². The molecule has 2 atom stereocenters. The first-order valence-corrected chi connectivity index (χ1v) is 43.8. The zero-order chi connectivity index (χ0) is 71.8. The molecule has 9 heteroatoms. The van der Waals surface area contributed by atoms with E-state index in [1.54, 1.807) is 0 Å². The van der Waals surface area contributed by atoms with Crippen LogP contribution in [-0.4, -0.2) is 82.3 Å². The molecule has 0 spiro atoms. The molecule has 0 rings (SSSR count). The zero-order valence-corrected chi connectivity index (χ0v) is 66.9. The zero-order valence-electron chi connectivity index (χ0n) is 66.9. The van der Waals surface area contributed by atoms with Crippen LogP contribution in [-0.2, 0) is 33.3 Å². The second-order valence-corrected chi connectivity index (χ2v) is 31.2. The smallest absolute Gasteiger partial charge is 0.306 e. The number of quaternary nitrogens is 1. The summed E-state index contributed by atoms with van der Waals surface area (Å²) in [7, 11) is 5.96. The number of hydrogen-bond acceptors (Lipinski definition) is 8. The average Bonchev–Trinajstić information content (AvgIpc) is 2.62. The van der Waals surface area contributed by atoms with E-state index in [0.29, 0.717) is 17.4 Å². The van der Waals surface area contributed by atoms with Crippen LogP contribution in [0, 0.1) is 0 Å². The Morgan fingerprint density at radius 2 is 0.576 bits per heavy atom. The van der Waals surface area contributed by atoms with Crippen molar-refractivity contribution in [3.63, 3.8) is 0 Å². The van der Waals surface area contributed by atoms with Gasteiger partial charge in [-0.3, -0.25) is 9.59 Å². The largest absolute Gasteiger partial charge is 0.545 e. The summed E-state index contributed by atoms with van der Waals surface area (Å²) in [5, 5.41) is 11.9. The molecule has 0 aliphatic heterocycles. The highest BCUT2D eigenvalue weighted by atomic mass is 16.7. The summed E-state index contributed by atoms with van der Waals surface area (Å²) in [6.07, 6.45) is 104. The van der Waals surface area contributed by atoms with Crippen molar-refractivity contribution in [3.05, 3.63) is 48.6 Å². The molecule has 0 radical (unpaired) electrons. The summed E-state index contributed by atoms with van der Waals surface area (Å²) in [5.41, 5.74) is 0. The van der Waals surface area contributed by atoms with Crippen molar-refractivity contribution in [2.24, 2.45) is 0 Å².